The van der Waals surface area contributed by atoms with E-state index in [4.69, 9.17) is 15.9 Å². The van der Waals surface area contributed by atoms with E-state index in [1.165, 1.54) is 24.4 Å². The third-order valence-electron chi connectivity index (χ3n) is 6.70. The van der Waals surface area contributed by atoms with Crippen LogP contribution >= 0.6 is 0 Å². The number of hydrogen-bond donors (Lipinski definition) is 5. The quantitative estimate of drug-likeness (QED) is 0.0957. The Kier molecular flexibility index (Phi) is 9.81. The van der Waals surface area contributed by atoms with Gasteiger partial charge in [-0.2, -0.15) is 0 Å². The lowest BCUT2D eigenvalue weighted by molar-refractivity contribution is -0.140. The summed E-state index contributed by atoms with van der Waals surface area (Å²) in [6.45, 7) is 3.29. The van der Waals surface area contributed by atoms with Crippen LogP contribution < -0.4 is 16.4 Å². The Morgan fingerprint density at radius 1 is 0.886 bits per heavy atom. The second-order valence-electron chi connectivity index (χ2n) is 10.2. The largest absolute Gasteiger partial charge is 0.480 e. The van der Waals surface area contributed by atoms with Crippen LogP contribution in [0.25, 0.3) is 11.1 Å². The summed E-state index contributed by atoms with van der Waals surface area (Å²) in [6, 6.07) is 21.7. The number of ether oxygens (including phenoxy) is 1. The van der Waals surface area contributed by atoms with Crippen molar-refractivity contribution in [3.05, 3.63) is 119 Å². The van der Waals surface area contributed by atoms with Gasteiger partial charge in [0.1, 0.15) is 24.2 Å². The summed E-state index contributed by atoms with van der Waals surface area (Å²) >= 11 is 0. The van der Waals surface area contributed by atoms with Crippen molar-refractivity contribution in [3.63, 3.8) is 0 Å². The highest BCUT2D eigenvalue weighted by Crippen LogP contribution is 2.29. The molecule has 6 N–H and O–H groups in total. The molecule has 2 amide bonds. The van der Waals surface area contributed by atoms with Crippen molar-refractivity contribution >= 4 is 35.3 Å². The Labute approximate surface area is 253 Å². The summed E-state index contributed by atoms with van der Waals surface area (Å²) in [4.78, 5) is 55.9. The third kappa shape index (κ3) is 7.51. The summed E-state index contributed by atoms with van der Waals surface area (Å²) in [5.41, 5.74) is 7.79. The average Bonchev–Trinajstić information content (AvgIpc) is 3.02. The van der Waals surface area contributed by atoms with Crippen molar-refractivity contribution < 1.29 is 29.0 Å². The Morgan fingerprint density at radius 2 is 1.57 bits per heavy atom. The van der Waals surface area contributed by atoms with E-state index in [0.717, 1.165) is 5.56 Å². The summed E-state index contributed by atoms with van der Waals surface area (Å²) < 4.78 is 5.58. The molecule has 11 nitrogen and oxygen atoms in total. The van der Waals surface area contributed by atoms with Gasteiger partial charge in [-0.25, -0.2) is 9.59 Å². The number of pyridine rings is 1. The first-order valence-corrected chi connectivity index (χ1v) is 13.6. The lowest BCUT2D eigenvalue weighted by Gasteiger charge is -2.19. The smallest absolute Gasteiger partial charge is 0.339 e. The number of esters is 1. The van der Waals surface area contributed by atoms with E-state index in [2.05, 4.69) is 15.6 Å². The molecule has 224 valence electrons. The first kappa shape index (κ1) is 31.1. The molecule has 4 rings (SSSR count). The van der Waals surface area contributed by atoms with Crippen molar-refractivity contribution in [2.75, 3.05) is 5.32 Å². The van der Waals surface area contributed by atoms with Gasteiger partial charge in [0.2, 0.25) is 0 Å². The van der Waals surface area contributed by atoms with Crippen molar-refractivity contribution in [1.29, 1.82) is 5.41 Å². The molecule has 0 aliphatic heterocycles. The van der Waals surface area contributed by atoms with Gasteiger partial charge in [-0.3, -0.25) is 20.0 Å². The Balaban J connectivity index is 1.71. The number of rotatable bonds is 11. The summed E-state index contributed by atoms with van der Waals surface area (Å²) in [5.74, 6) is -3.69. The van der Waals surface area contributed by atoms with Crippen LogP contribution in [-0.4, -0.2) is 45.7 Å². The van der Waals surface area contributed by atoms with E-state index < -0.39 is 29.8 Å². The van der Waals surface area contributed by atoms with Gasteiger partial charge in [-0.15, -0.1) is 0 Å². The van der Waals surface area contributed by atoms with Gasteiger partial charge >= 0.3 is 11.9 Å². The molecule has 0 spiro atoms. The first-order valence-electron chi connectivity index (χ1n) is 13.6. The van der Waals surface area contributed by atoms with Crippen LogP contribution in [0.1, 0.15) is 56.2 Å². The molecule has 4 aromatic rings. The molecule has 0 saturated carbocycles. The highest BCUT2D eigenvalue weighted by molar-refractivity contribution is 6.10. The van der Waals surface area contributed by atoms with Crippen LogP contribution in [-0.2, 0) is 16.1 Å². The number of amidine groups is 1. The fourth-order valence-corrected chi connectivity index (χ4v) is 4.36. The minimum atomic E-state index is -1.19. The zero-order chi connectivity index (χ0) is 31.8. The minimum absolute atomic E-state index is 0.00297. The van der Waals surface area contributed by atoms with E-state index in [9.17, 15) is 24.3 Å². The normalized spacial score (nSPS) is 11.3. The number of aliphatic carboxylic acids is 1. The minimum Gasteiger partial charge on any atom is -0.480 e. The van der Waals surface area contributed by atoms with Gasteiger partial charge in [-0.05, 0) is 59.5 Å². The fraction of sp³-hybridized carbons (Fsp3) is 0.152. The SMILES string of the molecule is CC(C)[C@H](NC(=O)c1ccc(-c2cccnc2C(=O)Nc2ccc(C(=N)N)cc2)c(C(=O)OCc2ccccc2)c1)C(=O)O. The molecule has 0 aliphatic rings. The third-order valence-corrected chi connectivity index (χ3v) is 6.70. The zero-order valence-corrected chi connectivity index (χ0v) is 24.0. The van der Waals surface area contributed by atoms with E-state index in [1.807, 2.05) is 6.07 Å². The van der Waals surface area contributed by atoms with Crippen molar-refractivity contribution in [2.45, 2.75) is 26.5 Å². The molecule has 0 saturated heterocycles. The van der Waals surface area contributed by atoms with E-state index in [-0.39, 0.29) is 40.7 Å². The predicted octanol–water partition coefficient (Wildman–Crippen LogP) is 4.48. The molecular formula is C33H31N5O6. The molecule has 0 bridgehead atoms. The van der Waals surface area contributed by atoms with Crippen molar-refractivity contribution in [3.8, 4) is 11.1 Å². The number of carbonyl (C=O) groups excluding carboxylic acids is 3. The second-order valence-corrected chi connectivity index (χ2v) is 10.2. The molecule has 0 unspecified atom stereocenters. The topological polar surface area (TPSA) is 185 Å². The molecule has 0 aliphatic carbocycles. The van der Waals surface area contributed by atoms with E-state index in [0.29, 0.717) is 16.8 Å². The molecule has 3 aromatic carbocycles. The van der Waals surface area contributed by atoms with Crippen molar-refractivity contribution in [1.82, 2.24) is 10.3 Å². The van der Waals surface area contributed by atoms with Gasteiger partial charge < -0.3 is 26.2 Å². The maximum Gasteiger partial charge on any atom is 0.339 e. The van der Waals surface area contributed by atoms with Gasteiger partial charge in [0, 0.05) is 28.6 Å². The number of hydrogen-bond acceptors (Lipinski definition) is 7. The molecule has 44 heavy (non-hydrogen) atoms. The number of nitrogens with one attached hydrogen (secondary N) is 3. The molecule has 1 heterocycles. The summed E-state index contributed by atoms with van der Waals surface area (Å²) in [6.07, 6.45) is 1.43. The summed E-state index contributed by atoms with van der Waals surface area (Å²) in [7, 11) is 0. The van der Waals surface area contributed by atoms with Crippen molar-refractivity contribution in [2.24, 2.45) is 11.7 Å². The van der Waals surface area contributed by atoms with Crippen LogP contribution in [0.15, 0.2) is 91.1 Å². The lowest BCUT2D eigenvalue weighted by Crippen LogP contribution is -2.44. The predicted molar refractivity (Wildman–Crippen MR) is 164 cm³/mol. The highest BCUT2D eigenvalue weighted by atomic mass is 16.5. The van der Waals surface area contributed by atoms with E-state index >= 15 is 0 Å². The maximum atomic E-state index is 13.5. The number of benzene rings is 3. The monoisotopic (exact) mass is 593 g/mol. The standard InChI is InChI=1S/C33H31N5O6/c1-19(2)27(32(41)42)38-30(39)22-12-15-24(26(17-22)33(43)44-18-20-7-4-3-5-8-20)25-9-6-16-36-28(25)31(40)37-23-13-10-21(11-14-23)29(34)35/h3-17,19,27H,18H2,1-2H3,(H3,34,35)(H,37,40)(H,38,39)(H,41,42)/t27-/m0/s1. The number of carboxylic acid groups (broad SMARTS) is 1. The number of nitrogens with two attached hydrogens (primary N) is 1. The lowest BCUT2D eigenvalue weighted by atomic mass is 9.95. The molecule has 0 fully saturated rings. The van der Waals surface area contributed by atoms with E-state index in [1.54, 1.807) is 74.5 Å². The Morgan fingerprint density at radius 3 is 2.20 bits per heavy atom. The van der Waals surface area contributed by atoms with Gasteiger partial charge in [0.15, 0.2) is 0 Å². The molecular weight excluding hydrogens is 562 g/mol. The molecule has 11 heteroatoms. The van der Waals surface area contributed by atoms with Crippen LogP contribution in [0, 0.1) is 11.3 Å². The van der Waals surface area contributed by atoms with Crippen LogP contribution in [0.2, 0.25) is 0 Å². The zero-order valence-electron chi connectivity index (χ0n) is 24.0. The number of nitrogens with zero attached hydrogens (tertiary/aromatic N) is 1. The van der Waals surface area contributed by atoms with Crippen LogP contribution in [0.4, 0.5) is 5.69 Å². The average molecular weight is 594 g/mol. The molecule has 0 radical (unpaired) electrons. The van der Waals surface area contributed by atoms with Gasteiger partial charge in [-0.1, -0.05) is 56.3 Å². The second kappa shape index (κ2) is 13.9. The number of anilines is 1. The highest BCUT2D eigenvalue weighted by Gasteiger charge is 2.26. The maximum absolute atomic E-state index is 13.5. The molecule has 1 aromatic heterocycles. The number of carbonyl (C=O) groups is 4. The number of aromatic nitrogens is 1. The summed E-state index contributed by atoms with van der Waals surface area (Å²) in [5, 5.41) is 22.3. The van der Waals surface area contributed by atoms with Crippen LogP contribution in [0.3, 0.4) is 0 Å². The first-order chi connectivity index (χ1) is 21.0. The Bertz CT molecular complexity index is 1700. The van der Waals surface area contributed by atoms with Gasteiger partial charge in [0.25, 0.3) is 11.8 Å². The Hall–Kier alpha value is -5.84. The van der Waals surface area contributed by atoms with Crippen LogP contribution in [0.5, 0.6) is 0 Å². The number of amides is 2. The number of nitrogen functional groups attached to an aromatic ring is 1. The molecule has 1 atom stereocenters. The fourth-order valence-electron chi connectivity index (χ4n) is 4.36. The van der Waals surface area contributed by atoms with Gasteiger partial charge in [0.05, 0.1) is 5.56 Å². The number of carboxylic acids is 1.